The number of hydrogen-bond donors (Lipinski definition) is 2. The zero-order valence-electron chi connectivity index (χ0n) is 17.9. The van der Waals surface area contributed by atoms with E-state index in [1.54, 1.807) is 13.0 Å². The highest BCUT2D eigenvalue weighted by molar-refractivity contribution is 6.33. The molecule has 2 rings (SSSR count). The Balaban J connectivity index is 1.89. The van der Waals surface area contributed by atoms with Crippen molar-refractivity contribution < 1.29 is 33.0 Å². The molecule has 172 valence electrons. The third-order valence-corrected chi connectivity index (χ3v) is 4.38. The minimum atomic E-state index is -1.17. The van der Waals surface area contributed by atoms with E-state index < -0.39 is 36.2 Å². The molecular formula is C22H24ClFN2O6. The van der Waals surface area contributed by atoms with Gasteiger partial charge >= 0.3 is 5.97 Å². The molecule has 0 aliphatic carbocycles. The standard InChI is InChI=1S/C22H24ClFN2O6/c1-4-30-18-9-6-14(10-19(18)31-5-2)22(29)25-12-20(27)32-13(3)21(28)26-17-8-7-15(24)11-16(17)23/h6-11,13H,4-5,12H2,1-3H3,(H,25,29)(H,26,28). The minimum Gasteiger partial charge on any atom is -0.490 e. The van der Waals surface area contributed by atoms with Crippen molar-refractivity contribution in [2.75, 3.05) is 25.1 Å². The van der Waals surface area contributed by atoms with Crippen LogP contribution >= 0.6 is 11.6 Å². The van der Waals surface area contributed by atoms with Crippen LogP contribution in [0.2, 0.25) is 5.02 Å². The van der Waals surface area contributed by atoms with Crippen LogP contribution in [0.5, 0.6) is 11.5 Å². The fraction of sp³-hybridized carbons (Fsp3) is 0.318. The molecule has 0 bridgehead atoms. The second-order valence-electron chi connectivity index (χ2n) is 6.46. The predicted molar refractivity (Wildman–Crippen MR) is 117 cm³/mol. The maximum atomic E-state index is 13.1. The van der Waals surface area contributed by atoms with Crippen LogP contribution in [0.1, 0.15) is 31.1 Å². The number of hydrogen-bond acceptors (Lipinski definition) is 6. The lowest BCUT2D eigenvalue weighted by atomic mass is 10.2. The van der Waals surface area contributed by atoms with Crippen LogP contribution in [0.15, 0.2) is 36.4 Å². The fourth-order valence-electron chi connectivity index (χ4n) is 2.56. The molecule has 1 unspecified atom stereocenters. The number of anilines is 1. The van der Waals surface area contributed by atoms with Gasteiger partial charge in [-0.1, -0.05) is 11.6 Å². The van der Waals surface area contributed by atoms with Crippen molar-refractivity contribution >= 4 is 35.1 Å². The van der Waals surface area contributed by atoms with Gasteiger partial charge in [0.15, 0.2) is 17.6 Å². The molecule has 0 fully saturated rings. The Hall–Kier alpha value is -3.33. The first-order valence-corrected chi connectivity index (χ1v) is 10.3. The number of benzene rings is 2. The number of nitrogens with one attached hydrogen (secondary N) is 2. The molecule has 10 heteroatoms. The van der Waals surface area contributed by atoms with Crippen molar-refractivity contribution in [2.45, 2.75) is 26.9 Å². The van der Waals surface area contributed by atoms with Crippen LogP contribution in [0.25, 0.3) is 0 Å². The van der Waals surface area contributed by atoms with Gasteiger partial charge in [-0.05, 0) is 57.2 Å². The van der Waals surface area contributed by atoms with Gasteiger partial charge in [0, 0.05) is 5.56 Å². The molecule has 0 heterocycles. The van der Waals surface area contributed by atoms with Crippen LogP contribution in [0, 0.1) is 5.82 Å². The van der Waals surface area contributed by atoms with Gasteiger partial charge < -0.3 is 24.8 Å². The summed E-state index contributed by atoms with van der Waals surface area (Å²) in [6.45, 7) is 5.37. The number of amides is 2. The Morgan fingerprint density at radius 3 is 2.38 bits per heavy atom. The van der Waals surface area contributed by atoms with Gasteiger partial charge in [0.1, 0.15) is 12.4 Å². The Labute approximate surface area is 190 Å². The van der Waals surface area contributed by atoms with E-state index in [0.717, 1.165) is 12.1 Å². The molecule has 2 aromatic rings. The first-order valence-electron chi connectivity index (χ1n) is 9.88. The molecule has 0 radical (unpaired) electrons. The van der Waals surface area contributed by atoms with Crippen molar-refractivity contribution in [2.24, 2.45) is 0 Å². The molecule has 2 N–H and O–H groups in total. The fourth-order valence-corrected chi connectivity index (χ4v) is 2.78. The molecule has 2 amide bonds. The van der Waals surface area contributed by atoms with Gasteiger partial charge in [-0.15, -0.1) is 0 Å². The number of carbonyl (C=O) groups is 3. The molecule has 1 atom stereocenters. The topological polar surface area (TPSA) is 103 Å². The first-order chi connectivity index (χ1) is 15.2. The highest BCUT2D eigenvalue weighted by Gasteiger charge is 2.20. The van der Waals surface area contributed by atoms with Gasteiger partial charge in [0.2, 0.25) is 0 Å². The molecule has 0 aromatic heterocycles. The van der Waals surface area contributed by atoms with E-state index in [-0.39, 0.29) is 16.3 Å². The van der Waals surface area contributed by atoms with E-state index in [0.29, 0.717) is 24.7 Å². The Morgan fingerprint density at radius 1 is 1.03 bits per heavy atom. The first kappa shape index (κ1) is 24.9. The largest absolute Gasteiger partial charge is 0.490 e. The number of rotatable bonds is 10. The quantitative estimate of drug-likeness (QED) is 0.519. The number of halogens is 2. The summed E-state index contributed by atoms with van der Waals surface area (Å²) < 4.78 is 29.0. The number of esters is 1. The van der Waals surface area contributed by atoms with E-state index in [4.69, 9.17) is 25.8 Å². The van der Waals surface area contributed by atoms with Crippen LogP contribution < -0.4 is 20.1 Å². The highest BCUT2D eigenvalue weighted by atomic mass is 35.5. The third-order valence-electron chi connectivity index (χ3n) is 4.07. The van der Waals surface area contributed by atoms with E-state index in [1.165, 1.54) is 25.1 Å². The molecule has 32 heavy (non-hydrogen) atoms. The van der Waals surface area contributed by atoms with E-state index in [9.17, 15) is 18.8 Å². The molecular weight excluding hydrogens is 443 g/mol. The summed E-state index contributed by atoms with van der Waals surface area (Å²) in [7, 11) is 0. The second kappa shape index (κ2) is 11.9. The minimum absolute atomic E-state index is 0.00548. The maximum Gasteiger partial charge on any atom is 0.326 e. The lowest BCUT2D eigenvalue weighted by Gasteiger charge is -2.15. The van der Waals surface area contributed by atoms with Crippen LogP contribution in [-0.2, 0) is 14.3 Å². The average molecular weight is 467 g/mol. The lowest BCUT2D eigenvalue weighted by Crippen LogP contribution is -2.35. The molecule has 0 aliphatic rings. The molecule has 0 spiro atoms. The molecule has 0 saturated heterocycles. The van der Waals surface area contributed by atoms with Gasteiger partial charge in [0.05, 0.1) is 23.9 Å². The summed E-state index contributed by atoms with van der Waals surface area (Å²) in [5, 5.41) is 4.87. The Bertz CT molecular complexity index is 985. The van der Waals surface area contributed by atoms with Crippen molar-refractivity contribution in [1.82, 2.24) is 5.32 Å². The molecule has 0 aliphatic heterocycles. The zero-order chi connectivity index (χ0) is 23.7. The van der Waals surface area contributed by atoms with Gasteiger partial charge in [-0.3, -0.25) is 14.4 Å². The lowest BCUT2D eigenvalue weighted by molar-refractivity contribution is -0.152. The van der Waals surface area contributed by atoms with Crippen molar-refractivity contribution in [3.8, 4) is 11.5 Å². The summed E-state index contributed by atoms with van der Waals surface area (Å²) in [6.07, 6.45) is -1.17. The Kier molecular flexibility index (Phi) is 9.27. The molecule has 8 nitrogen and oxygen atoms in total. The summed E-state index contributed by atoms with van der Waals surface area (Å²) >= 11 is 5.86. The van der Waals surface area contributed by atoms with Crippen LogP contribution in [0.4, 0.5) is 10.1 Å². The van der Waals surface area contributed by atoms with Gasteiger partial charge in [-0.2, -0.15) is 0 Å². The Morgan fingerprint density at radius 2 is 1.72 bits per heavy atom. The number of carbonyl (C=O) groups excluding carboxylic acids is 3. The summed E-state index contributed by atoms with van der Waals surface area (Å²) in [6, 6.07) is 8.12. The van der Waals surface area contributed by atoms with Gasteiger partial charge in [-0.25, -0.2) is 4.39 Å². The molecule has 2 aromatic carbocycles. The second-order valence-corrected chi connectivity index (χ2v) is 6.86. The van der Waals surface area contributed by atoms with Crippen LogP contribution in [-0.4, -0.2) is 43.6 Å². The van der Waals surface area contributed by atoms with Crippen molar-refractivity contribution in [3.63, 3.8) is 0 Å². The van der Waals surface area contributed by atoms with Crippen molar-refractivity contribution in [1.29, 1.82) is 0 Å². The third kappa shape index (κ3) is 7.12. The smallest absolute Gasteiger partial charge is 0.326 e. The number of ether oxygens (including phenoxy) is 3. The average Bonchev–Trinajstić information content (AvgIpc) is 2.75. The summed E-state index contributed by atoms with van der Waals surface area (Å²) in [5.41, 5.74) is 0.441. The summed E-state index contributed by atoms with van der Waals surface area (Å²) in [5.74, 6) is -1.64. The van der Waals surface area contributed by atoms with Gasteiger partial charge in [0.25, 0.3) is 11.8 Å². The summed E-state index contributed by atoms with van der Waals surface area (Å²) in [4.78, 5) is 36.6. The predicted octanol–water partition coefficient (Wildman–Crippen LogP) is 3.58. The monoisotopic (exact) mass is 466 g/mol. The van der Waals surface area contributed by atoms with E-state index in [1.807, 2.05) is 6.92 Å². The highest BCUT2D eigenvalue weighted by Crippen LogP contribution is 2.28. The normalized spacial score (nSPS) is 11.3. The van der Waals surface area contributed by atoms with E-state index >= 15 is 0 Å². The van der Waals surface area contributed by atoms with Crippen molar-refractivity contribution in [3.05, 3.63) is 52.8 Å². The maximum absolute atomic E-state index is 13.1. The van der Waals surface area contributed by atoms with E-state index in [2.05, 4.69) is 10.6 Å². The SMILES string of the molecule is CCOc1ccc(C(=O)NCC(=O)OC(C)C(=O)Nc2ccc(F)cc2Cl)cc1OCC. The zero-order valence-corrected chi connectivity index (χ0v) is 18.6. The molecule has 0 saturated carbocycles. The van der Waals surface area contributed by atoms with Crippen LogP contribution in [0.3, 0.4) is 0 Å².